The third kappa shape index (κ3) is 5.35. The fourth-order valence-corrected chi connectivity index (χ4v) is 1.45. The Bertz CT molecular complexity index is 332. The number of nitrogens with one attached hydrogen (secondary N) is 2. The number of ether oxygens (including phenoxy) is 1. The maximum absolute atomic E-state index is 5.59. The standard InChI is InChI=1S/C11H21N5O/c1-13-9-8-10(16-11(12)15-9)14-6-4-3-5-7-17-2/h8H,3-7H2,1-2H3,(H4,12,13,14,15,16). The molecule has 0 saturated carbocycles. The van der Waals surface area contributed by atoms with Crippen LogP contribution in [0, 0.1) is 0 Å². The third-order valence-electron chi connectivity index (χ3n) is 2.33. The number of aromatic nitrogens is 2. The summed E-state index contributed by atoms with van der Waals surface area (Å²) in [6.45, 7) is 1.70. The van der Waals surface area contributed by atoms with Crippen molar-refractivity contribution >= 4 is 17.6 Å². The summed E-state index contributed by atoms with van der Waals surface area (Å²) in [5.74, 6) is 1.76. The normalized spacial score (nSPS) is 10.2. The van der Waals surface area contributed by atoms with Crippen LogP contribution in [0.2, 0.25) is 0 Å². The van der Waals surface area contributed by atoms with E-state index >= 15 is 0 Å². The second kappa shape index (κ2) is 7.67. The van der Waals surface area contributed by atoms with Gasteiger partial charge in [-0.3, -0.25) is 0 Å². The lowest BCUT2D eigenvalue weighted by Gasteiger charge is -2.07. The molecule has 0 radical (unpaired) electrons. The predicted molar refractivity (Wildman–Crippen MR) is 70.2 cm³/mol. The molecule has 1 rings (SSSR count). The van der Waals surface area contributed by atoms with Crippen LogP contribution in [0.25, 0.3) is 0 Å². The highest BCUT2D eigenvalue weighted by atomic mass is 16.5. The molecule has 0 unspecified atom stereocenters. The summed E-state index contributed by atoms with van der Waals surface area (Å²) in [5, 5.41) is 6.16. The van der Waals surface area contributed by atoms with Gasteiger partial charge in [0.05, 0.1) is 0 Å². The van der Waals surface area contributed by atoms with Gasteiger partial charge in [0.25, 0.3) is 0 Å². The molecule has 1 heterocycles. The maximum atomic E-state index is 5.59. The van der Waals surface area contributed by atoms with Crippen molar-refractivity contribution in [1.82, 2.24) is 9.97 Å². The van der Waals surface area contributed by atoms with Gasteiger partial charge >= 0.3 is 0 Å². The molecule has 0 spiro atoms. The van der Waals surface area contributed by atoms with Crippen LogP contribution < -0.4 is 16.4 Å². The molecule has 0 aliphatic carbocycles. The van der Waals surface area contributed by atoms with Crippen molar-refractivity contribution in [3.63, 3.8) is 0 Å². The number of nitrogens with zero attached hydrogens (tertiary/aromatic N) is 2. The van der Waals surface area contributed by atoms with Crippen LogP contribution in [0.3, 0.4) is 0 Å². The number of hydrogen-bond acceptors (Lipinski definition) is 6. The number of nitrogen functional groups attached to an aromatic ring is 1. The van der Waals surface area contributed by atoms with Crippen LogP contribution >= 0.6 is 0 Å². The van der Waals surface area contributed by atoms with Crippen LogP contribution in [0.15, 0.2) is 6.07 Å². The maximum Gasteiger partial charge on any atom is 0.223 e. The van der Waals surface area contributed by atoms with Crippen molar-refractivity contribution in [1.29, 1.82) is 0 Å². The summed E-state index contributed by atoms with van der Waals surface area (Å²) in [4.78, 5) is 8.13. The Morgan fingerprint density at radius 1 is 1.24 bits per heavy atom. The second-order valence-corrected chi connectivity index (χ2v) is 3.73. The lowest BCUT2D eigenvalue weighted by atomic mass is 10.2. The molecule has 6 heteroatoms. The molecule has 4 N–H and O–H groups in total. The van der Waals surface area contributed by atoms with Crippen molar-refractivity contribution in [3.8, 4) is 0 Å². The van der Waals surface area contributed by atoms with Crippen molar-refractivity contribution in [2.24, 2.45) is 0 Å². The molecule has 1 aromatic heterocycles. The Morgan fingerprint density at radius 3 is 2.71 bits per heavy atom. The zero-order valence-corrected chi connectivity index (χ0v) is 10.5. The first kappa shape index (κ1) is 13.5. The highest BCUT2D eigenvalue weighted by Crippen LogP contribution is 2.11. The van der Waals surface area contributed by atoms with Crippen LogP contribution in [0.5, 0.6) is 0 Å². The third-order valence-corrected chi connectivity index (χ3v) is 2.33. The molecule has 0 fully saturated rings. The van der Waals surface area contributed by atoms with Crippen molar-refractivity contribution in [3.05, 3.63) is 6.07 Å². The van der Waals surface area contributed by atoms with E-state index in [1.807, 2.05) is 6.07 Å². The monoisotopic (exact) mass is 239 g/mol. The molecule has 6 nitrogen and oxygen atoms in total. The minimum Gasteiger partial charge on any atom is -0.385 e. The SMILES string of the molecule is CNc1cc(NCCCCCOC)nc(N)n1. The Morgan fingerprint density at radius 2 is 2.00 bits per heavy atom. The van der Waals surface area contributed by atoms with E-state index in [4.69, 9.17) is 10.5 Å². The highest BCUT2D eigenvalue weighted by Gasteiger charge is 2.00. The smallest absolute Gasteiger partial charge is 0.223 e. The molecule has 0 aliphatic rings. The molecule has 0 aliphatic heterocycles. The minimum atomic E-state index is 0.277. The molecular formula is C11H21N5O. The molecular weight excluding hydrogens is 218 g/mol. The molecule has 17 heavy (non-hydrogen) atoms. The number of rotatable bonds is 8. The summed E-state index contributed by atoms with van der Waals surface area (Å²) in [6.07, 6.45) is 3.31. The van der Waals surface area contributed by atoms with Crippen LogP contribution in [0.1, 0.15) is 19.3 Å². The first-order valence-electron chi connectivity index (χ1n) is 5.81. The van der Waals surface area contributed by atoms with Gasteiger partial charge < -0.3 is 21.1 Å². The van der Waals surface area contributed by atoms with E-state index in [9.17, 15) is 0 Å². The fraction of sp³-hybridized carbons (Fsp3) is 0.636. The van der Waals surface area contributed by atoms with E-state index in [0.29, 0.717) is 0 Å². The quantitative estimate of drug-likeness (QED) is 0.593. The molecule has 0 atom stereocenters. The summed E-state index contributed by atoms with van der Waals surface area (Å²) >= 11 is 0. The Balaban J connectivity index is 2.28. The van der Waals surface area contributed by atoms with E-state index in [1.54, 1.807) is 14.2 Å². The summed E-state index contributed by atoms with van der Waals surface area (Å²) < 4.78 is 4.99. The topological polar surface area (TPSA) is 85.1 Å². The van der Waals surface area contributed by atoms with E-state index in [1.165, 1.54) is 0 Å². The fourth-order valence-electron chi connectivity index (χ4n) is 1.45. The number of unbranched alkanes of at least 4 members (excludes halogenated alkanes) is 2. The van der Waals surface area contributed by atoms with Crippen LogP contribution in [-0.2, 0) is 4.74 Å². The summed E-state index contributed by atoms with van der Waals surface area (Å²) in [6, 6.07) is 1.84. The molecule has 0 bridgehead atoms. The first-order valence-corrected chi connectivity index (χ1v) is 5.81. The Labute approximate surface area is 102 Å². The number of anilines is 3. The molecule has 1 aromatic rings. The average Bonchev–Trinajstić information content (AvgIpc) is 2.33. The van der Waals surface area contributed by atoms with Gasteiger partial charge in [0.1, 0.15) is 11.6 Å². The largest absolute Gasteiger partial charge is 0.385 e. The lowest BCUT2D eigenvalue weighted by molar-refractivity contribution is 0.192. The van der Waals surface area contributed by atoms with Gasteiger partial charge in [0.15, 0.2) is 0 Å². The van der Waals surface area contributed by atoms with Gasteiger partial charge in [-0.1, -0.05) is 0 Å². The first-order chi connectivity index (χ1) is 8.26. The number of nitrogens with two attached hydrogens (primary N) is 1. The number of methoxy groups -OCH3 is 1. The molecule has 96 valence electrons. The average molecular weight is 239 g/mol. The minimum absolute atomic E-state index is 0.277. The molecule has 0 amide bonds. The zero-order valence-electron chi connectivity index (χ0n) is 10.5. The van der Waals surface area contributed by atoms with Gasteiger partial charge in [0.2, 0.25) is 5.95 Å². The van der Waals surface area contributed by atoms with Crippen LogP contribution in [0.4, 0.5) is 17.6 Å². The Kier molecular flexibility index (Phi) is 6.09. The predicted octanol–water partition coefficient (Wildman–Crippen LogP) is 1.33. The van der Waals surface area contributed by atoms with Gasteiger partial charge in [-0.05, 0) is 19.3 Å². The zero-order chi connectivity index (χ0) is 12.5. The van der Waals surface area contributed by atoms with E-state index in [2.05, 4.69) is 20.6 Å². The molecule has 0 saturated heterocycles. The summed E-state index contributed by atoms with van der Waals surface area (Å²) in [7, 11) is 3.53. The van der Waals surface area contributed by atoms with Crippen LogP contribution in [-0.4, -0.2) is 37.3 Å². The van der Waals surface area contributed by atoms with Gasteiger partial charge in [0, 0.05) is 33.4 Å². The van der Waals surface area contributed by atoms with Gasteiger partial charge in [-0.15, -0.1) is 0 Å². The van der Waals surface area contributed by atoms with Crippen molar-refractivity contribution < 1.29 is 4.74 Å². The van der Waals surface area contributed by atoms with Gasteiger partial charge in [-0.2, -0.15) is 9.97 Å². The summed E-state index contributed by atoms with van der Waals surface area (Å²) in [5.41, 5.74) is 5.59. The van der Waals surface area contributed by atoms with Crippen molar-refractivity contribution in [2.75, 3.05) is 43.7 Å². The Hall–Kier alpha value is -1.56. The lowest BCUT2D eigenvalue weighted by Crippen LogP contribution is -2.07. The number of hydrogen-bond donors (Lipinski definition) is 3. The van der Waals surface area contributed by atoms with E-state index < -0.39 is 0 Å². The van der Waals surface area contributed by atoms with Crippen molar-refractivity contribution in [2.45, 2.75) is 19.3 Å². The highest BCUT2D eigenvalue weighted by molar-refractivity contribution is 5.50. The van der Waals surface area contributed by atoms with E-state index in [-0.39, 0.29) is 5.95 Å². The molecule has 0 aromatic carbocycles. The second-order valence-electron chi connectivity index (χ2n) is 3.73. The van der Waals surface area contributed by atoms with E-state index in [0.717, 1.165) is 44.0 Å². The van der Waals surface area contributed by atoms with Gasteiger partial charge in [-0.25, -0.2) is 0 Å².